The molecule has 0 aliphatic rings. The first-order valence-electron chi connectivity index (χ1n) is 22.6. The van der Waals surface area contributed by atoms with Crippen LogP contribution >= 0.6 is 0 Å². The Balaban J connectivity index is 0.998. The topological polar surface area (TPSA) is 87.2 Å². The number of nitrogens with zero attached hydrogens (tertiary/aromatic N) is 8. The molecule has 0 amide bonds. The number of hydrogen-bond acceptors (Lipinski definition) is 6. The lowest BCUT2D eigenvalue weighted by Gasteiger charge is -2.12. The number of rotatable bonds is 8. The van der Waals surface area contributed by atoms with Crippen LogP contribution < -0.4 is 0 Å². The number of benzene rings is 9. The highest BCUT2D eigenvalue weighted by Gasteiger charge is 2.22. The van der Waals surface area contributed by atoms with Crippen molar-refractivity contribution < 1.29 is 0 Å². The normalized spacial score (nSPS) is 11.5. The minimum atomic E-state index is 0.540. The number of hydrogen-bond donors (Lipinski definition) is 0. The molecule has 0 saturated heterocycles. The van der Waals surface area contributed by atoms with Crippen LogP contribution in [0.15, 0.2) is 231 Å². The van der Waals surface area contributed by atoms with Crippen molar-refractivity contribution >= 4 is 43.6 Å². The Morgan fingerprint density at radius 3 is 1.13 bits per heavy atom. The maximum Gasteiger partial charge on any atom is 0.238 e. The highest BCUT2D eigenvalue weighted by Crippen LogP contribution is 2.40. The third-order valence-electron chi connectivity index (χ3n) is 12.6. The summed E-state index contributed by atoms with van der Waals surface area (Å²) < 4.78 is 4.54. The summed E-state index contributed by atoms with van der Waals surface area (Å²) in [5.41, 5.74) is 11.9. The highest BCUT2D eigenvalue weighted by atomic mass is 15.2. The van der Waals surface area contributed by atoms with Gasteiger partial charge in [-0.2, -0.15) is 9.97 Å². The van der Waals surface area contributed by atoms with E-state index >= 15 is 0 Å². The summed E-state index contributed by atoms with van der Waals surface area (Å²) in [6.07, 6.45) is 0. The second kappa shape index (κ2) is 16.2. The highest BCUT2D eigenvalue weighted by molar-refractivity contribution is 6.19. The van der Waals surface area contributed by atoms with Gasteiger partial charge in [-0.05, 0) is 65.7 Å². The molecular weight excluding hydrogens is 833 g/mol. The Bertz CT molecular complexity index is 3940. The van der Waals surface area contributed by atoms with Crippen LogP contribution in [-0.2, 0) is 0 Å². The van der Waals surface area contributed by atoms with Gasteiger partial charge in [0.15, 0.2) is 29.1 Å². The standard InChI is InChI=1S/C60H38N8/c1-5-18-39(19-6-1)44-26-17-27-45(36-44)59-64-58(42-24-11-4-12-25-42)65-60(66-59)68-52-31-16-14-29-48(52)50-37-49-47-28-13-15-30-51(47)67(53(49)38-54(50)68)46-34-32-43(33-35-46)57-62-55(40-20-7-2-8-21-40)61-56(63-57)41-22-9-3-10-23-41/h1-38H. The van der Waals surface area contributed by atoms with Crippen molar-refractivity contribution in [3.8, 4) is 79.7 Å². The smallest absolute Gasteiger partial charge is 0.238 e. The van der Waals surface area contributed by atoms with Gasteiger partial charge >= 0.3 is 0 Å². The predicted molar refractivity (Wildman–Crippen MR) is 275 cm³/mol. The minimum Gasteiger partial charge on any atom is -0.309 e. The molecule has 0 spiro atoms. The Morgan fingerprint density at radius 2 is 0.603 bits per heavy atom. The van der Waals surface area contributed by atoms with Crippen molar-refractivity contribution in [3.63, 3.8) is 0 Å². The molecular formula is C60H38N8. The lowest BCUT2D eigenvalue weighted by molar-refractivity contribution is 0.953. The molecule has 0 saturated carbocycles. The molecule has 13 rings (SSSR count). The largest absolute Gasteiger partial charge is 0.309 e. The van der Waals surface area contributed by atoms with E-state index in [9.17, 15) is 0 Å². The monoisotopic (exact) mass is 870 g/mol. The minimum absolute atomic E-state index is 0.540. The third-order valence-corrected chi connectivity index (χ3v) is 12.6. The second-order valence-corrected chi connectivity index (χ2v) is 16.8. The summed E-state index contributed by atoms with van der Waals surface area (Å²) >= 11 is 0. The molecule has 0 radical (unpaired) electrons. The molecule has 318 valence electrons. The molecule has 0 unspecified atom stereocenters. The maximum absolute atomic E-state index is 5.32. The van der Waals surface area contributed by atoms with Crippen molar-refractivity contribution in [1.82, 2.24) is 39.0 Å². The molecule has 68 heavy (non-hydrogen) atoms. The molecule has 0 atom stereocenters. The summed E-state index contributed by atoms with van der Waals surface area (Å²) in [6, 6.07) is 79.4. The number of aromatic nitrogens is 8. The lowest BCUT2D eigenvalue weighted by atomic mass is 10.0. The van der Waals surface area contributed by atoms with E-state index in [0.717, 1.165) is 88.2 Å². The fraction of sp³-hybridized carbons (Fsp3) is 0. The van der Waals surface area contributed by atoms with Gasteiger partial charge in [0.25, 0.3) is 0 Å². The Morgan fingerprint density at radius 1 is 0.221 bits per heavy atom. The molecule has 8 heteroatoms. The fourth-order valence-electron chi connectivity index (χ4n) is 9.40. The van der Waals surface area contributed by atoms with E-state index in [2.05, 4.69) is 143 Å². The van der Waals surface area contributed by atoms with Crippen molar-refractivity contribution in [1.29, 1.82) is 0 Å². The molecule has 4 aromatic heterocycles. The Labute approximate surface area is 391 Å². The first-order chi connectivity index (χ1) is 33.7. The fourth-order valence-corrected chi connectivity index (χ4v) is 9.40. The molecule has 4 heterocycles. The summed E-state index contributed by atoms with van der Waals surface area (Å²) in [5, 5.41) is 4.53. The van der Waals surface area contributed by atoms with Crippen molar-refractivity contribution in [2.24, 2.45) is 0 Å². The molecule has 8 nitrogen and oxygen atoms in total. The molecule has 0 aliphatic carbocycles. The van der Waals surface area contributed by atoms with Gasteiger partial charge in [-0.15, -0.1) is 0 Å². The van der Waals surface area contributed by atoms with Gasteiger partial charge in [-0.3, -0.25) is 4.57 Å². The van der Waals surface area contributed by atoms with Crippen LogP contribution in [0, 0.1) is 0 Å². The molecule has 0 fully saturated rings. The van der Waals surface area contributed by atoms with E-state index in [1.54, 1.807) is 0 Å². The van der Waals surface area contributed by atoms with Crippen LogP contribution in [0.1, 0.15) is 0 Å². The van der Waals surface area contributed by atoms with E-state index in [4.69, 9.17) is 29.9 Å². The van der Waals surface area contributed by atoms with Gasteiger partial charge in [0.05, 0.1) is 22.1 Å². The third kappa shape index (κ3) is 6.78. The van der Waals surface area contributed by atoms with Crippen LogP contribution in [0.3, 0.4) is 0 Å². The van der Waals surface area contributed by atoms with E-state index in [1.807, 2.05) is 97.1 Å². The van der Waals surface area contributed by atoms with Crippen molar-refractivity contribution in [2.45, 2.75) is 0 Å². The van der Waals surface area contributed by atoms with Crippen molar-refractivity contribution in [2.75, 3.05) is 0 Å². The van der Waals surface area contributed by atoms with Crippen molar-refractivity contribution in [3.05, 3.63) is 231 Å². The molecule has 0 aliphatic heterocycles. The zero-order valence-electron chi connectivity index (χ0n) is 36.5. The summed E-state index contributed by atoms with van der Waals surface area (Å²) in [5.74, 6) is 3.60. The lowest BCUT2D eigenvalue weighted by Crippen LogP contribution is -2.06. The summed E-state index contributed by atoms with van der Waals surface area (Å²) in [6.45, 7) is 0. The van der Waals surface area contributed by atoms with E-state index in [-0.39, 0.29) is 0 Å². The zero-order valence-corrected chi connectivity index (χ0v) is 36.5. The molecule has 0 bridgehead atoms. The van der Waals surface area contributed by atoms with Gasteiger partial charge in [0.1, 0.15) is 0 Å². The number of para-hydroxylation sites is 2. The quantitative estimate of drug-likeness (QED) is 0.151. The van der Waals surface area contributed by atoms with Gasteiger partial charge < -0.3 is 4.57 Å². The molecule has 9 aromatic carbocycles. The average molecular weight is 871 g/mol. The number of fused-ring (bicyclic) bond motifs is 6. The first-order valence-corrected chi connectivity index (χ1v) is 22.6. The van der Waals surface area contributed by atoms with Crippen LogP contribution in [0.2, 0.25) is 0 Å². The van der Waals surface area contributed by atoms with Crippen LogP contribution in [0.25, 0.3) is 123 Å². The van der Waals surface area contributed by atoms with E-state index in [1.165, 1.54) is 0 Å². The predicted octanol–water partition coefficient (Wildman–Crippen LogP) is 14.3. The SMILES string of the molecule is c1ccc(-c2cccc(-c3nc(-c4ccccc4)nc(-n4c5ccccc5c5cc6c7ccccc7n(-c7ccc(-c8nc(-c9ccccc9)nc(-c9ccccc9)n8)cc7)c6cc54)n3)c2)cc1. The Hall–Kier alpha value is -9.40. The zero-order chi connectivity index (χ0) is 45.0. The van der Waals surface area contributed by atoms with Gasteiger partial charge in [0.2, 0.25) is 5.95 Å². The van der Waals surface area contributed by atoms with Gasteiger partial charge in [-0.25, -0.2) is 19.9 Å². The molecule has 13 aromatic rings. The van der Waals surface area contributed by atoms with E-state index in [0.29, 0.717) is 35.1 Å². The first kappa shape index (κ1) is 39.0. The summed E-state index contributed by atoms with van der Waals surface area (Å²) in [7, 11) is 0. The average Bonchev–Trinajstić information content (AvgIpc) is 3.93. The van der Waals surface area contributed by atoms with Crippen LogP contribution in [0.4, 0.5) is 0 Å². The Kier molecular flexibility index (Phi) is 9.31. The second-order valence-electron chi connectivity index (χ2n) is 16.8. The van der Waals surface area contributed by atoms with E-state index < -0.39 is 0 Å². The molecule has 0 N–H and O–H groups in total. The summed E-state index contributed by atoms with van der Waals surface area (Å²) in [4.78, 5) is 30.6. The maximum atomic E-state index is 5.32. The van der Waals surface area contributed by atoms with Crippen LogP contribution in [0.5, 0.6) is 0 Å². The van der Waals surface area contributed by atoms with Gasteiger partial charge in [-0.1, -0.05) is 176 Å². The van der Waals surface area contributed by atoms with Gasteiger partial charge in [0, 0.05) is 55.0 Å². The van der Waals surface area contributed by atoms with Crippen LogP contribution in [-0.4, -0.2) is 39.0 Å².